The molecule has 27 heavy (non-hydrogen) atoms. The number of hydrogen-bond donors (Lipinski definition) is 0. The molecule has 3 rings (SSSR count). The van der Waals surface area contributed by atoms with Crippen LogP contribution in [-0.4, -0.2) is 47.8 Å². The Hall–Kier alpha value is -2.16. The lowest BCUT2D eigenvalue weighted by Crippen LogP contribution is -2.43. The van der Waals surface area contributed by atoms with Gasteiger partial charge in [0.05, 0.1) is 5.25 Å². The summed E-state index contributed by atoms with van der Waals surface area (Å²) >= 11 is 0. The molecule has 1 saturated heterocycles. The second kappa shape index (κ2) is 7.84. The third-order valence-electron chi connectivity index (χ3n) is 4.85. The Balaban J connectivity index is 1.83. The summed E-state index contributed by atoms with van der Waals surface area (Å²) in [6.07, 6.45) is 2.22. The van der Waals surface area contributed by atoms with E-state index in [2.05, 4.69) is 10.2 Å². The molecule has 1 aliphatic rings. The van der Waals surface area contributed by atoms with Gasteiger partial charge in [-0.1, -0.05) is 12.1 Å². The van der Waals surface area contributed by atoms with Crippen molar-refractivity contribution in [3.63, 3.8) is 0 Å². The number of rotatable bonds is 6. The van der Waals surface area contributed by atoms with Gasteiger partial charge in [-0.3, -0.25) is 4.57 Å². The predicted molar refractivity (Wildman–Crippen MR) is 101 cm³/mol. The Morgan fingerprint density at radius 1 is 1.33 bits per heavy atom. The van der Waals surface area contributed by atoms with E-state index in [1.54, 1.807) is 25.1 Å². The Morgan fingerprint density at radius 2 is 2.07 bits per heavy atom. The van der Waals surface area contributed by atoms with Crippen molar-refractivity contribution in [2.45, 2.75) is 44.6 Å². The SMILES string of the molecule is CCn1c([C@@H](C)Oc2ccccc2F)nnc1N1CCC[C@H](S(C)(=O)=O)C1. The molecule has 1 fully saturated rings. The van der Waals surface area contributed by atoms with E-state index in [1.165, 1.54) is 12.3 Å². The molecule has 1 aromatic heterocycles. The highest BCUT2D eigenvalue weighted by Crippen LogP contribution is 2.27. The minimum absolute atomic E-state index is 0.160. The van der Waals surface area contributed by atoms with Crippen LogP contribution in [0.3, 0.4) is 0 Å². The zero-order valence-corrected chi connectivity index (χ0v) is 16.6. The van der Waals surface area contributed by atoms with Crippen LogP contribution in [0.5, 0.6) is 5.75 Å². The van der Waals surface area contributed by atoms with Crippen molar-refractivity contribution >= 4 is 15.8 Å². The number of benzene rings is 1. The lowest BCUT2D eigenvalue weighted by molar-refractivity contribution is 0.201. The molecule has 7 nitrogen and oxygen atoms in total. The van der Waals surface area contributed by atoms with E-state index in [0.29, 0.717) is 31.3 Å². The molecule has 1 aromatic carbocycles. The van der Waals surface area contributed by atoms with Crippen molar-refractivity contribution in [3.8, 4) is 5.75 Å². The van der Waals surface area contributed by atoms with Gasteiger partial charge in [-0.15, -0.1) is 10.2 Å². The summed E-state index contributed by atoms with van der Waals surface area (Å²) in [5.74, 6) is 0.938. The summed E-state index contributed by atoms with van der Waals surface area (Å²) in [5, 5.41) is 8.13. The Bertz CT molecular complexity index is 900. The Labute approximate surface area is 159 Å². The van der Waals surface area contributed by atoms with Crippen LogP contribution in [0.15, 0.2) is 24.3 Å². The zero-order valence-electron chi connectivity index (χ0n) is 15.8. The molecule has 148 valence electrons. The van der Waals surface area contributed by atoms with E-state index in [9.17, 15) is 12.8 Å². The summed E-state index contributed by atoms with van der Waals surface area (Å²) in [6, 6.07) is 6.23. The Morgan fingerprint density at radius 3 is 2.74 bits per heavy atom. The van der Waals surface area contributed by atoms with Crippen LogP contribution in [0.4, 0.5) is 10.3 Å². The summed E-state index contributed by atoms with van der Waals surface area (Å²) in [5.41, 5.74) is 0. The summed E-state index contributed by atoms with van der Waals surface area (Å²) in [4.78, 5) is 1.96. The average molecular weight is 396 g/mol. The first-order valence-electron chi connectivity index (χ1n) is 9.09. The molecule has 0 bridgehead atoms. The van der Waals surface area contributed by atoms with Crippen LogP contribution in [0.1, 0.15) is 38.6 Å². The van der Waals surface area contributed by atoms with Gasteiger partial charge >= 0.3 is 0 Å². The van der Waals surface area contributed by atoms with Gasteiger partial charge in [0.25, 0.3) is 0 Å². The second-order valence-electron chi connectivity index (χ2n) is 6.83. The van der Waals surface area contributed by atoms with Gasteiger partial charge in [0.15, 0.2) is 33.3 Å². The smallest absolute Gasteiger partial charge is 0.227 e. The lowest BCUT2D eigenvalue weighted by atomic mass is 10.1. The number of halogens is 1. The monoisotopic (exact) mass is 396 g/mol. The molecule has 0 radical (unpaired) electrons. The van der Waals surface area contributed by atoms with Crippen molar-refractivity contribution in [1.29, 1.82) is 0 Å². The number of aromatic nitrogens is 3. The van der Waals surface area contributed by atoms with Gasteiger partial charge < -0.3 is 9.64 Å². The number of hydrogen-bond acceptors (Lipinski definition) is 6. The van der Waals surface area contributed by atoms with Crippen LogP contribution in [0, 0.1) is 5.82 Å². The fraction of sp³-hybridized carbons (Fsp3) is 0.556. The third-order valence-corrected chi connectivity index (χ3v) is 6.44. The first kappa shape index (κ1) is 19.6. The van der Waals surface area contributed by atoms with Crippen molar-refractivity contribution in [2.24, 2.45) is 0 Å². The van der Waals surface area contributed by atoms with Gasteiger partial charge in [0, 0.05) is 25.9 Å². The summed E-state index contributed by atoms with van der Waals surface area (Å²) in [6.45, 7) is 5.49. The van der Waals surface area contributed by atoms with Crippen molar-refractivity contribution in [1.82, 2.24) is 14.8 Å². The normalized spacial score (nSPS) is 19.1. The largest absolute Gasteiger partial charge is 0.480 e. The maximum absolute atomic E-state index is 13.9. The van der Waals surface area contributed by atoms with Crippen molar-refractivity contribution in [2.75, 3.05) is 24.2 Å². The summed E-state index contributed by atoms with van der Waals surface area (Å²) < 4.78 is 45.4. The standard InChI is InChI=1S/C18H25FN4O3S/c1-4-23-17(13(2)26-16-10-6-5-9-15(16)19)20-21-18(23)22-11-7-8-14(12-22)27(3,24)25/h5-6,9-10,13-14H,4,7-8,11-12H2,1-3H3/t13-,14+/m1/s1. The minimum Gasteiger partial charge on any atom is -0.480 e. The maximum Gasteiger partial charge on any atom is 0.227 e. The highest BCUT2D eigenvalue weighted by atomic mass is 32.2. The van der Waals surface area contributed by atoms with Crippen LogP contribution in [0.2, 0.25) is 0 Å². The molecule has 9 heteroatoms. The molecule has 1 aliphatic heterocycles. The number of nitrogens with zero attached hydrogens (tertiary/aromatic N) is 4. The fourth-order valence-electron chi connectivity index (χ4n) is 3.40. The van der Waals surface area contributed by atoms with Crippen LogP contribution < -0.4 is 9.64 Å². The fourth-order valence-corrected chi connectivity index (χ4v) is 4.44. The van der Waals surface area contributed by atoms with E-state index in [1.807, 2.05) is 16.4 Å². The molecule has 0 N–H and O–H groups in total. The number of sulfone groups is 1. The molecule has 2 heterocycles. The second-order valence-corrected chi connectivity index (χ2v) is 9.16. The number of anilines is 1. The molecule has 0 spiro atoms. The number of para-hydroxylation sites is 1. The lowest BCUT2D eigenvalue weighted by Gasteiger charge is -2.32. The first-order chi connectivity index (χ1) is 12.8. The van der Waals surface area contributed by atoms with Gasteiger partial charge in [-0.2, -0.15) is 0 Å². The Kier molecular flexibility index (Phi) is 5.69. The summed E-state index contributed by atoms with van der Waals surface area (Å²) in [7, 11) is -3.11. The molecular weight excluding hydrogens is 371 g/mol. The van der Waals surface area contributed by atoms with E-state index >= 15 is 0 Å². The highest BCUT2D eigenvalue weighted by molar-refractivity contribution is 7.91. The van der Waals surface area contributed by atoms with Gasteiger partial charge in [-0.05, 0) is 38.8 Å². The molecule has 0 unspecified atom stereocenters. The third kappa shape index (κ3) is 4.23. The number of piperidine rings is 1. The highest BCUT2D eigenvalue weighted by Gasteiger charge is 2.31. The molecule has 2 aromatic rings. The van der Waals surface area contributed by atoms with E-state index in [-0.39, 0.29) is 5.75 Å². The van der Waals surface area contributed by atoms with Crippen LogP contribution in [0.25, 0.3) is 0 Å². The van der Waals surface area contributed by atoms with Crippen LogP contribution in [-0.2, 0) is 16.4 Å². The van der Waals surface area contributed by atoms with Crippen molar-refractivity contribution < 1.29 is 17.5 Å². The van der Waals surface area contributed by atoms with Crippen LogP contribution >= 0.6 is 0 Å². The quantitative estimate of drug-likeness (QED) is 0.747. The van der Waals surface area contributed by atoms with Gasteiger partial charge in [0.1, 0.15) is 0 Å². The molecular formula is C18H25FN4O3S. The predicted octanol–water partition coefficient (Wildman–Crippen LogP) is 2.59. The topological polar surface area (TPSA) is 77.3 Å². The average Bonchev–Trinajstić information content (AvgIpc) is 3.07. The molecule has 0 aliphatic carbocycles. The minimum atomic E-state index is -3.11. The van der Waals surface area contributed by atoms with E-state index in [4.69, 9.17) is 4.74 Å². The number of ether oxygens (including phenoxy) is 1. The molecule has 0 saturated carbocycles. The zero-order chi connectivity index (χ0) is 19.6. The molecule has 2 atom stereocenters. The maximum atomic E-state index is 13.9. The molecule has 0 amide bonds. The van der Waals surface area contributed by atoms with E-state index in [0.717, 1.165) is 13.0 Å². The van der Waals surface area contributed by atoms with Gasteiger partial charge in [0.2, 0.25) is 5.95 Å². The van der Waals surface area contributed by atoms with Gasteiger partial charge in [-0.25, -0.2) is 12.8 Å². The van der Waals surface area contributed by atoms with Crippen molar-refractivity contribution in [3.05, 3.63) is 35.9 Å². The first-order valence-corrected chi connectivity index (χ1v) is 11.0. The van der Waals surface area contributed by atoms with E-state index < -0.39 is 27.0 Å².